The van der Waals surface area contributed by atoms with Crippen molar-refractivity contribution in [2.45, 2.75) is 0 Å². The van der Waals surface area contributed by atoms with Crippen LogP contribution in [-0.4, -0.2) is 14.9 Å². The van der Waals surface area contributed by atoms with Crippen LogP contribution in [0, 0.1) is 0 Å². The molecule has 0 fully saturated rings. The molecule has 4 N–H and O–H groups in total. The van der Waals surface area contributed by atoms with Gasteiger partial charge >= 0.3 is 0 Å². The summed E-state index contributed by atoms with van der Waals surface area (Å²) in [5.41, 5.74) is 6.02. The number of anilines is 2. The molecule has 1 aromatic heterocycles. The molecule has 0 aliphatic rings. The van der Waals surface area contributed by atoms with Crippen molar-refractivity contribution in [1.29, 1.82) is 0 Å². The highest BCUT2D eigenvalue weighted by Gasteiger charge is 2.06. The Morgan fingerprint density at radius 3 is 2.82 bits per heavy atom. The van der Waals surface area contributed by atoms with Crippen molar-refractivity contribution in [3.63, 3.8) is 0 Å². The number of halogens is 1. The molecule has 0 unspecified atom stereocenters. The lowest BCUT2D eigenvalue weighted by molar-refractivity contribution is 0.935. The van der Waals surface area contributed by atoms with Gasteiger partial charge in [0.15, 0.2) is 5.11 Å². The summed E-state index contributed by atoms with van der Waals surface area (Å²) in [6, 6.07) is 8.31. The maximum absolute atomic E-state index is 11.1. The first-order valence-electron chi connectivity index (χ1n) is 4.71. The van der Waals surface area contributed by atoms with Gasteiger partial charge in [0.2, 0.25) is 0 Å². The largest absolute Gasteiger partial charge is 0.383 e. The minimum Gasteiger partial charge on any atom is -0.383 e. The lowest BCUT2D eigenvalue weighted by atomic mass is 10.3. The van der Waals surface area contributed by atoms with Gasteiger partial charge in [-0.25, -0.2) is 4.68 Å². The molecule has 0 spiro atoms. The summed E-state index contributed by atoms with van der Waals surface area (Å²) in [5, 5.41) is 6.25. The van der Waals surface area contributed by atoms with E-state index in [1.165, 1.54) is 10.7 Å². The zero-order valence-corrected chi connectivity index (χ0v) is 10.2. The van der Waals surface area contributed by atoms with E-state index in [9.17, 15) is 4.79 Å². The first-order chi connectivity index (χ1) is 8.06. The molecule has 1 aromatic carbocycles. The van der Waals surface area contributed by atoms with Crippen molar-refractivity contribution < 1.29 is 0 Å². The van der Waals surface area contributed by atoms with E-state index >= 15 is 0 Å². The molecular weight excluding hydrogens is 260 g/mol. The van der Waals surface area contributed by atoms with Crippen LogP contribution in [0.4, 0.5) is 11.5 Å². The molecule has 0 bridgehead atoms. The third-order valence-corrected chi connectivity index (χ3v) is 2.56. The molecule has 0 radical (unpaired) electrons. The number of nitrogens with zero attached hydrogens (tertiary/aromatic N) is 1. The highest BCUT2D eigenvalue weighted by atomic mass is 35.5. The molecule has 0 saturated carbocycles. The van der Waals surface area contributed by atoms with Gasteiger partial charge in [-0.3, -0.25) is 9.89 Å². The number of H-pyrrole nitrogens is 1. The van der Waals surface area contributed by atoms with Gasteiger partial charge < -0.3 is 11.1 Å². The van der Waals surface area contributed by atoms with E-state index in [-0.39, 0.29) is 16.5 Å². The van der Waals surface area contributed by atoms with Crippen LogP contribution in [-0.2, 0) is 0 Å². The predicted molar refractivity (Wildman–Crippen MR) is 72.5 cm³/mol. The van der Waals surface area contributed by atoms with E-state index in [1.807, 2.05) is 0 Å². The van der Waals surface area contributed by atoms with Crippen molar-refractivity contribution in [1.82, 2.24) is 9.78 Å². The van der Waals surface area contributed by atoms with E-state index in [0.717, 1.165) is 5.69 Å². The highest BCUT2D eigenvalue weighted by Crippen LogP contribution is 2.15. The molecule has 0 amide bonds. The van der Waals surface area contributed by atoms with E-state index in [0.29, 0.717) is 5.02 Å². The Balaban J connectivity index is 2.23. The second-order valence-corrected chi connectivity index (χ2v) is 4.14. The lowest BCUT2D eigenvalue weighted by Gasteiger charge is -2.09. The van der Waals surface area contributed by atoms with Gasteiger partial charge in [-0.1, -0.05) is 17.7 Å². The standard InChI is InChI=1S/C10H9ClN4OS/c11-6-2-1-3-7(4-6)13-10(17)15-8(12)5-9(16)14-15/h1-5H,12H2,(H,13,17)(H,14,16). The van der Waals surface area contributed by atoms with E-state index in [4.69, 9.17) is 29.6 Å². The number of rotatable bonds is 1. The van der Waals surface area contributed by atoms with Gasteiger partial charge in [-0.15, -0.1) is 0 Å². The van der Waals surface area contributed by atoms with Crippen LogP contribution < -0.4 is 16.6 Å². The van der Waals surface area contributed by atoms with Gasteiger partial charge in [0.1, 0.15) is 5.82 Å². The van der Waals surface area contributed by atoms with Gasteiger partial charge in [-0.05, 0) is 30.4 Å². The molecule has 5 nitrogen and oxygen atoms in total. The van der Waals surface area contributed by atoms with Crippen LogP contribution in [0.1, 0.15) is 0 Å². The van der Waals surface area contributed by atoms with Gasteiger partial charge in [0.05, 0.1) is 0 Å². The predicted octanol–water partition coefficient (Wildman–Crippen LogP) is 1.66. The summed E-state index contributed by atoms with van der Waals surface area (Å²) in [7, 11) is 0. The fraction of sp³-hybridized carbons (Fsp3) is 0. The number of hydrogen-bond acceptors (Lipinski definition) is 3. The number of thiocarbonyl (C=S) groups is 1. The van der Waals surface area contributed by atoms with E-state index in [2.05, 4.69) is 10.4 Å². The number of hydrogen-bond donors (Lipinski definition) is 3. The normalized spacial score (nSPS) is 10.2. The Bertz CT molecular complexity index is 619. The SMILES string of the molecule is Nc1cc(=O)[nH]n1C(=S)Nc1cccc(Cl)c1. The molecule has 0 saturated heterocycles. The molecule has 1 heterocycles. The maximum Gasteiger partial charge on any atom is 0.266 e. The number of benzene rings is 1. The molecule has 0 aliphatic heterocycles. The maximum atomic E-state index is 11.1. The molecule has 0 aliphatic carbocycles. The van der Waals surface area contributed by atoms with Crippen LogP contribution in [0.25, 0.3) is 0 Å². The van der Waals surface area contributed by atoms with Crippen LogP contribution >= 0.6 is 23.8 Å². The number of nitrogens with two attached hydrogens (primary N) is 1. The minimum atomic E-state index is -0.308. The monoisotopic (exact) mass is 268 g/mol. The Hall–Kier alpha value is -1.79. The van der Waals surface area contributed by atoms with Crippen molar-refractivity contribution in [2.24, 2.45) is 0 Å². The van der Waals surface area contributed by atoms with Crippen LogP contribution in [0.2, 0.25) is 5.02 Å². The van der Waals surface area contributed by atoms with Crippen molar-refractivity contribution in [2.75, 3.05) is 11.1 Å². The second-order valence-electron chi connectivity index (χ2n) is 3.32. The summed E-state index contributed by atoms with van der Waals surface area (Å²) in [6.07, 6.45) is 0. The molecule has 0 atom stereocenters. The Kier molecular flexibility index (Phi) is 3.16. The molecule has 7 heteroatoms. The summed E-state index contributed by atoms with van der Waals surface area (Å²) >= 11 is 10.9. The topological polar surface area (TPSA) is 75.8 Å². The number of aromatic amines is 1. The smallest absolute Gasteiger partial charge is 0.266 e. The van der Waals surface area contributed by atoms with E-state index in [1.54, 1.807) is 24.3 Å². The van der Waals surface area contributed by atoms with Crippen LogP contribution in [0.15, 0.2) is 35.1 Å². The van der Waals surface area contributed by atoms with Crippen LogP contribution in [0.3, 0.4) is 0 Å². The van der Waals surface area contributed by atoms with Gasteiger partial charge in [0.25, 0.3) is 5.56 Å². The Morgan fingerprint density at radius 2 is 2.24 bits per heavy atom. The summed E-state index contributed by atoms with van der Waals surface area (Å²) in [5.74, 6) is 0.245. The molecule has 17 heavy (non-hydrogen) atoms. The number of aromatic nitrogens is 2. The molecular formula is C10H9ClN4OS. The Labute approximate surface area is 107 Å². The van der Waals surface area contributed by atoms with Crippen molar-refractivity contribution in [3.8, 4) is 0 Å². The van der Waals surface area contributed by atoms with Gasteiger partial charge in [0, 0.05) is 16.8 Å². The lowest BCUT2D eigenvalue weighted by Crippen LogP contribution is -2.23. The first-order valence-corrected chi connectivity index (χ1v) is 5.49. The molecule has 2 rings (SSSR count). The van der Waals surface area contributed by atoms with Crippen molar-refractivity contribution in [3.05, 3.63) is 45.7 Å². The quantitative estimate of drug-likeness (QED) is 0.688. The summed E-state index contributed by atoms with van der Waals surface area (Å²) in [6.45, 7) is 0. The average molecular weight is 269 g/mol. The molecule has 88 valence electrons. The van der Waals surface area contributed by atoms with Crippen molar-refractivity contribution >= 4 is 40.4 Å². The van der Waals surface area contributed by atoms with Gasteiger partial charge in [-0.2, -0.15) is 0 Å². The average Bonchev–Trinajstić information content (AvgIpc) is 2.58. The summed E-state index contributed by atoms with van der Waals surface area (Å²) in [4.78, 5) is 11.1. The molecule has 2 aromatic rings. The Morgan fingerprint density at radius 1 is 1.47 bits per heavy atom. The summed E-state index contributed by atoms with van der Waals surface area (Å²) < 4.78 is 1.29. The second kappa shape index (κ2) is 4.60. The zero-order valence-electron chi connectivity index (χ0n) is 8.61. The highest BCUT2D eigenvalue weighted by molar-refractivity contribution is 7.80. The fourth-order valence-electron chi connectivity index (χ4n) is 1.32. The first kappa shape index (κ1) is 11.7. The third-order valence-electron chi connectivity index (χ3n) is 2.04. The van der Waals surface area contributed by atoms with Crippen LogP contribution in [0.5, 0.6) is 0 Å². The van der Waals surface area contributed by atoms with E-state index < -0.39 is 0 Å². The zero-order chi connectivity index (χ0) is 12.4. The fourth-order valence-corrected chi connectivity index (χ4v) is 1.78. The number of nitrogens with one attached hydrogen (secondary N) is 2. The number of nitrogen functional groups attached to an aromatic ring is 1. The minimum absolute atomic E-state index is 0.245. The third kappa shape index (κ3) is 2.66.